The zero-order chi connectivity index (χ0) is 13.1. The molecular formula is C14H23NOS. The Hall–Kier alpha value is -0.700. The third-order valence-corrected chi connectivity index (χ3v) is 3.48. The van der Waals surface area contributed by atoms with Crippen LogP contribution in [0, 0.1) is 5.41 Å². The van der Waals surface area contributed by atoms with Gasteiger partial charge in [0.25, 0.3) is 0 Å². The summed E-state index contributed by atoms with van der Waals surface area (Å²) in [7, 11) is 0. The zero-order valence-electron chi connectivity index (χ0n) is 11.7. The minimum Gasteiger partial charge on any atom is -0.360 e. The van der Waals surface area contributed by atoms with Crippen LogP contribution >= 0.6 is 11.8 Å². The first-order chi connectivity index (χ1) is 7.68. The van der Waals surface area contributed by atoms with Crippen molar-refractivity contribution in [2.24, 2.45) is 5.41 Å². The second kappa shape index (κ2) is 5.30. The third kappa shape index (κ3) is 5.44. The van der Waals surface area contributed by atoms with Crippen LogP contribution in [-0.2, 0) is 5.41 Å². The minimum atomic E-state index is 0.0254. The summed E-state index contributed by atoms with van der Waals surface area (Å²) in [6.45, 7) is 13.1. The van der Waals surface area contributed by atoms with Gasteiger partial charge in [-0.3, -0.25) is 0 Å². The molecule has 0 atom stereocenters. The molecule has 2 nitrogen and oxygen atoms in total. The van der Waals surface area contributed by atoms with Crippen LogP contribution in [0.25, 0.3) is 6.08 Å². The van der Waals surface area contributed by atoms with E-state index in [1.165, 1.54) is 0 Å². The molecule has 0 aliphatic rings. The van der Waals surface area contributed by atoms with Gasteiger partial charge in [0, 0.05) is 17.2 Å². The first kappa shape index (κ1) is 14.4. The summed E-state index contributed by atoms with van der Waals surface area (Å²) in [6, 6.07) is 2.01. The lowest BCUT2D eigenvalue weighted by molar-refractivity contribution is 0.328. The third-order valence-electron chi connectivity index (χ3n) is 2.12. The van der Waals surface area contributed by atoms with Crippen molar-refractivity contribution in [2.75, 3.05) is 5.75 Å². The molecule has 1 aromatic heterocycles. The Balaban J connectivity index is 2.53. The number of nitrogens with zero attached hydrogens (tertiary/aromatic N) is 1. The summed E-state index contributed by atoms with van der Waals surface area (Å²) in [5.74, 6) is 2.03. The van der Waals surface area contributed by atoms with Crippen LogP contribution in [-0.4, -0.2) is 10.9 Å². The zero-order valence-corrected chi connectivity index (χ0v) is 12.5. The molecule has 1 rings (SSSR count). The largest absolute Gasteiger partial charge is 0.360 e. The van der Waals surface area contributed by atoms with Gasteiger partial charge in [-0.05, 0) is 16.9 Å². The van der Waals surface area contributed by atoms with Gasteiger partial charge in [0.1, 0.15) is 11.5 Å². The molecule has 0 aromatic carbocycles. The molecule has 0 amide bonds. The molecule has 0 unspecified atom stereocenters. The van der Waals surface area contributed by atoms with Crippen LogP contribution < -0.4 is 0 Å². The van der Waals surface area contributed by atoms with Gasteiger partial charge in [0.05, 0.1) is 0 Å². The fourth-order valence-electron chi connectivity index (χ4n) is 1.14. The van der Waals surface area contributed by atoms with E-state index in [4.69, 9.17) is 4.52 Å². The summed E-state index contributed by atoms with van der Waals surface area (Å²) in [4.78, 5) is 0. The Morgan fingerprint density at radius 2 is 1.88 bits per heavy atom. The number of aromatic nitrogens is 1. The van der Waals surface area contributed by atoms with E-state index in [1.54, 1.807) is 0 Å². The van der Waals surface area contributed by atoms with Crippen molar-refractivity contribution >= 4 is 17.8 Å². The number of rotatable bonds is 3. The predicted octanol–water partition coefficient (Wildman–Crippen LogP) is 4.72. The second-order valence-corrected chi connectivity index (χ2v) is 7.43. The fourth-order valence-corrected chi connectivity index (χ4v) is 1.97. The van der Waals surface area contributed by atoms with Gasteiger partial charge < -0.3 is 4.52 Å². The lowest BCUT2D eigenvalue weighted by Gasteiger charge is -2.15. The highest BCUT2D eigenvalue weighted by Gasteiger charge is 2.18. The van der Waals surface area contributed by atoms with Crippen LogP contribution in [0.3, 0.4) is 0 Å². The highest BCUT2D eigenvalue weighted by Crippen LogP contribution is 2.24. The lowest BCUT2D eigenvalue weighted by atomic mass is 9.93. The maximum absolute atomic E-state index is 5.32. The Bertz CT molecular complexity index is 380. The SMILES string of the molecule is CC(C)(C)CSC=Cc1cc(C(C)(C)C)on1. The molecule has 3 heteroatoms. The van der Waals surface area contributed by atoms with Gasteiger partial charge in [0.15, 0.2) is 0 Å². The van der Waals surface area contributed by atoms with Gasteiger partial charge in [0.2, 0.25) is 0 Å². The number of hydrogen-bond donors (Lipinski definition) is 0. The van der Waals surface area contributed by atoms with Crippen LogP contribution in [0.5, 0.6) is 0 Å². The van der Waals surface area contributed by atoms with Crippen LogP contribution in [0.15, 0.2) is 16.0 Å². The molecule has 0 saturated carbocycles. The van der Waals surface area contributed by atoms with Crippen molar-refractivity contribution in [1.82, 2.24) is 5.16 Å². The molecule has 0 radical (unpaired) electrons. The molecule has 0 spiro atoms. The molecule has 1 aromatic rings. The van der Waals surface area contributed by atoms with Crippen LogP contribution in [0.1, 0.15) is 53.0 Å². The Morgan fingerprint density at radius 1 is 1.24 bits per heavy atom. The molecule has 0 N–H and O–H groups in total. The van der Waals surface area contributed by atoms with E-state index in [2.05, 4.69) is 52.1 Å². The minimum absolute atomic E-state index is 0.0254. The van der Waals surface area contributed by atoms with Crippen molar-refractivity contribution in [3.63, 3.8) is 0 Å². The van der Waals surface area contributed by atoms with Crippen molar-refractivity contribution in [3.05, 3.63) is 22.9 Å². The average Bonchev–Trinajstić information content (AvgIpc) is 2.58. The van der Waals surface area contributed by atoms with Crippen molar-refractivity contribution < 1.29 is 4.52 Å². The summed E-state index contributed by atoms with van der Waals surface area (Å²) in [5, 5.41) is 6.13. The van der Waals surface area contributed by atoms with Gasteiger partial charge in [-0.1, -0.05) is 46.7 Å². The lowest BCUT2D eigenvalue weighted by Crippen LogP contribution is -2.09. The first-order valence-corrected chi connectivity index (χ1v) is 6.99. The van der Waals surface area contributed by atoms with Gasteiger partial charge in [-0.25, -0.2) is 0 Å². The molecule has 1 heterocycles. The number of hydrogen-bond acceptors (Lipinski definition) is 3. The van der Waals surface area contributed by atoms with E-state index in [0.29, 0.717) is 5.41 Å². The quantitative estimate of drug-likeness (QED) is 0.779. The summed E-state index contributed by atoms with van der Waals surface area (Å²) < 4.78 is 5.32. The monoisotopic (exact) mass is 253 g/mol. The summed E-state index contributed by atoms with van der Waals surface area (Å²) >= 11 is 1.81. The van der Waals surface area contributed by atoms with E-state index in [-0.39, 0.29) is 5.41 Å². The van der Waals surface area contributed by atoms with Crippen molar-refractivity contribution in [3.8, 4) is 0 Å². The molecule has 17 heavy (non-hydrogen) atoms. The Morgan fingerprint density at radius 3 is 2.35 bits per heavy atom. The van der Waals surface area contributed by atoms with E-state index >= 15 is 0 Å². The first-order valence-electron chi connectivity index (χ1n) is 5.94. The standard InChI is InChI=1S/C14H23NOS/c1-13(2,3)10-17-8-7-11-9-12(16-15-11)14(4,5)6/h7-9H,10H2,1-6H3. The fraction of sp³-hybridized carbons (Fsp3) is 0.643. The molecule has 0 aliphatic heterocycles. The highest BCUT2D eigenvalue weighted by atomic mass is 32.2. The topological polar surface area (TPSA) is 26.0 Å². The van der Waals surface area contributed by atoms with E-state index < -0.39 is 0 Å². The van der Waals surface area contributed by atoms with Gasteiger partial charge in [-0.15, -0.1) is 11.8 Å². The van der Waals surface area contributed by atoms with Crippen LogP contribution in [0.2, 0.25) is 0 Å². The van der Waals surface area contributed by atoms with E-state index in [9.17, 15) is 0 Å². The highest BCUT2D eigenvalue weighted by molar-refractivity contribution is 8.02. The van der Waals surface area contributed by atoms with Crippen LogP contribution in [0.4, 0.5) is 0 Å². The molecule has 0 aliphatic carbocycles. The molecular weight excluding hydrogens is 230 g/mol. The molecule has 0 bridgehead atoms. The van der Waals surface area contributed by atoms with Crippen molar-refractivity contribution in [1.29, 1.82) is 0 Å². The van der Waals surface area contributed by atoms with E-state index in [1.807, 2.05) is 23.9 Å². The normalized spacial score (nSPS) is 13.5. The average molecular weight is 253 g/mol. The Labute approximate surface area is 109 Å². The predicted molar refractivity (Wildman–Crippen MR) is 76.2 cm³/mol. The van der Waals surface area contributed by atoms with E-state index in [0.717, 1.165) is 17.2 Å². The summed E-state index contributed by atoms with van der Waals surface area (Å²) in [6.07, 6.45) is 2.01. The molecule has 0 fully saturated rings. The second-order valence-electron chi connectivity index (χ2n) is 6.54. The van der Waals surface area contributed by atoms with Gasteiger partial charge in [-0.2, -0.15) is 0 Å². The van der Waals surface area contributed by atoms with Crippen molar-refractivity contribution in [2.45, 2.75) is 47.0 Å². The smallest absolute Gasteiger partial charge is 0.142 e. The Kier molecular flexibility index (Phi) is 4.48. The molecule has 96 valence electrons. The van der Waals surface area contributed by atoms with Gasteiger partial charge >= 0.3 is 0 Å². The number of thioether (sulfide) groups is 1. The maximum Gasteiger partial charge on any atom is 0.142 e. The molecule has 0 saturated heterocycles. The maximum atomic E-state index is 5.32. The summed E-state index contributed by atoms with van der Waals surface area (Å²) in [5.41, 5.74) is 1.28.